The zero-order valence-corrected chi connectivity index (χ0v) is 23.2. The number of aryl methyl sites for hydroxylation is 3. The fourth-order valence-electron chi connectivity index (χ4n) is 4.99. The Morgan fingerprint density at radius 2 is 1.54 bits per heavy atom. The highest BCUT2D eigenvalue weighted by molar-refractivity contribution is 5.47. The summed E-state index contributed by atoms with van der Waals surface area (Å²) in [7, 11) is 0. The molecule has 3 heteroatoms. The quantitative estimate of drug-likeness (QED) is 0.233. The molecule has 0 saturated heterocycles. The van der Waals surface area contributed by atoms with Gasteiger partial charge in [0.25, 0.3) is 0 Å². The third kappa shape index (κ3) is 7.58. The number of aliphatic hydroxyl groups excluding tert-OH is 1. The number of unbranched alkanes of at least 4 members (excludes halogenated alkanes) is 2. The number of hydrogen-bond acceptors (Lipinski definition) is 2. The van der Waals surface area contributed by atoms with Crippen LogP contribution in [-0.4, -0.2) is 24.4 Å². The van der Waals surface area contributed by atoms with E-state index in [9.17, 15) is 5.11 Å². The van der Waals surface area contributed by atoms with Crippen LogP contribution in [0.25, 0.3) is 4.85 Å². The van der Waals surface area contributed by atoms with Crippen molar-refractivity contribution in [3.8, 4) is 5.75 Å². The lowest BCUT2D eigenvalue weighted by atomic mass is 9.69. The van der Waals surface area contributed by atoms with Crippen LogP contribution in [0.1, 0.15) is 101 Å². The Balaban J connectivity index is 2.20. The molecule has 0 fully saturated rings. The Hall–Kier alpha value is -2.31. The lowest BCUT2D eigenvalue weighted by molar-refractivity contribution is 0.0560. The van der Waals surface area contributed by atoms with Crippen molar-refractivity contribution in [2.75, 3.05) is 13.2 Å². The van der Waals surface area contributed by atoms with E-state index < -0.39 is 0 Å². The molecule has 0 heterocycles. The Kier molecular flexibility index (Phi) is 10.8. The van der Waals surface area contributed by atoms with Crippen LogP contribution in [-0.2, 0) is 11.8 Å². The highest BCUT2D eigenvalue weighted by atomic mass is 16.5. The molecule has 3 nitrogen and oxygen atoms in total. The molecule has 0 amide bonds. The van der Waals surface area contributed by atoms with E-state index in [1.165, 1.54) is 27.8 Å². The van der Waals surface area contributed by atoms with Crippen LogP contribution in [0.15, 0.2) is 36.4 Å². The van der Waals surface area contributed by atoms with Gasteiger partial charge in [-0.05, 0) is 91.7 Å². The summed E-state index contributed by atoms with van der Waals surface area (Å²) in [5, 5.41) is 10.5. The van der Waals surface area contributed by atoms with Gasteiger partial charge in [0, 0.05) is 11.8 Å². The molecule has 0 radical (unpaired) electrons. The van der Waals surface area contributed by atoms with Crippen LogP contribution in [0.5, 0.6) is 5.75 Å². The second kappa shape index (κ2) is 13.1. The van der Waals surface area contributed by atoms with Crippen molar-refractivity contribution < 1.29 is 9.84 Å². The van der Waals surface area contributed by atoms with Gasteiger partial charge in [0.1, 0.15) is 5.75 Å². The molecule has 0 spiro atoms. The van der Waals surface area contributed by atoms with Gasteiger partial charge in [-0.15, -0.1) is 0 Å². The molecule has 2 rings (SSSR count). The Morgan fingerprint density at radius 1 is 0.914 bits per heavy atom. The van der Waals surface area contributed by atoms with E-state index in [4.69, 9.17) is 11.3 Å². The van der Waals surface area contributed by atoms with Gasteiger partial charge in [0.05, 0.1) is 12.7 Å². The predicted octanol–water partition coefficient (Wildman–Crippen LogP) is 8.22. The fourth-order valence-corrected chi connectivity index (χ4v) is 4.99. The first-order valence-corrected chi connectivity index (χ1v) is 13.4. The Morgan fingerprint density at radius 3 is 2.09 bits per heavy atom. The molecule has 35 heavy (non-hydrogen) atoms. The molecule has 0 aliphatic rings. The van der Waals surface area contributed by atoms with Crippen LogP contribution in [0.3, 0.4) is 0 Å². The normalized spacial score (nSPS) is 12.9. The maximum absolute atomic E-state index is 10.5. The molecule has 0 aliphatic carbocycles. The molecule has 1 N–H and O–H groups in total. The van der Waals surface area contributed by atoms with E-state index in [1.807, 2.05) is 0 Å². The lowest BCUT2D eigenvalue weighted by Gasteiger charge is -2.34. The van der Waals surface area contributed by atoms with Gasteiger partial charge >= 0.3 is 0 Å². The molecule has 2 aromatic carbocycles. The predicted molar refractivity (Wildman–Crippen MR) is 148 cm³/mol. The smallest absolute Gasteiger partial charge is 0.214 e. The van der Waals surface area contributed by atoms with Crippen molar-refractivity contribution in [2.45, 2.75) is 105 Å². The number of benzene rings is 2. The molecule has 1 atom stereocenters. The zero-order chi connectivity index (χ0) is 26.1. The Bertz CT molecular complexity index is 976. The summed E-state index contributed by atoms with van der Waals surface area (Å²) in [6, 6.07) is 13.6. The fraction of sp³-hybridized carbons (Fsp3) is 0.594. The second-order valence-electron chi connectivity index (χ2n) is 11.1. The van der Waals surface area contributed by atoms with Gasteiger partial charge in [-0.25, -0.2) is 6.57 Å². The molecular weight excluding hydrogens is 430 g/mol. The van der Waals surface area contributed by atoms with Gasteiger partial charge in [-0.3, -0.25) is 0 Å². The number of ether oxygens (including phenoxy) is 1. The third-order valence-electron chi connectivity index (χ3n) is 7.69. The maximum Gasteiger partial charge on any atom is 0.214 e. The summed E-state index contributed by atoms with van der Waals surface area (Å²) in [5.41, 5.74) is 6.42. The number of hydrogen-bond donors (Lipinski definition) is 1. The summed E-state index contributed by atoms with van der Waals surface area (Å²) in [6.07, 6.45) is 6.44. The van der Waals surface area contributed by atoms with E-state index >= 15 is 0 Å². The van der Waals surface area contributed by atoms with Crippen LogP contribution in [0.4, 0.5) is 0 Å². The monoisotopic (exact) mass is 477 g/mol. The van der Waals surface area contributed by atoms with E-state index in [0.29, 0.717) is 13.2 Å². The van der Waals surface area contributed by atoms with Gasteiger partial charge in [0.15, 0.2) is 0 Å². The summed E-state index contributed by atoms with van der Waals surface area (Å²) < 4.78 is 6.06. The third-order valence-corrected chi connectivity index (χ3v) is 7.69. The second-order valence-corrected chi connectivity index (χ2v) is 11.1. The molecule has 0 saturated carbocycles. The van der Waals surface area contributed by atoms with Gasteiger partial charge in [-0.2, -0.15) is 0 Å². The van der Waals surface area contributed by atoms with Crippen molar-refractivity contribution in [1.29, 1.82) is 0 Å². The molecule has 1 unspecified atom stereocenters. The van der Waals surface area contributed by atoms with Crippen LogP contribution >= 0.6 is 0 Å². The molecule has 0 aromatic heterocycles. The minimum Gasteiger partial charge on any atom is -0.493 e. The van der Waals surface area contributed by atoms with E-state index in [2.05, 4.69) is 89.7 Å². The molecule has 0 aliphatic heterocycles. The highest BCUT2D eigenvalue weighted by Crippen LogP contribution is 2.41. The first kappa shape index (κ1) is 28.9. The van der Waals surface area contributed by atoms with Crippen LogP contribution in [0.2, 0.25) is 0 Å². The van der Waals surface area contributed by atoms with Crippen molar-refractivity contribution in [2.24, 2.45) is 5.41 Å². The lowest BCUT2D eigenvalue weighted by Crippen LogP contribution is -2.27. The van der Waals surface area contributed by atoms with Gasteiger partial charge in [-0.1, -0.05) is 65.0 Å². The van der Waals surface area contributed by atoms with Crippen molar-refractivity contribution in [3.05, 3.63) is 75.6 Å². The highest BCUT2D eigenvalue weighted by Gasteiger charge is 2.31. The van der Waals surface area contributed by atoms with Gasteiger partial charge in [0.2, 0.25) is 6.54 Å². The summed E-state index contributed by atoms with van der Waals surface area (Å²) in [6.45, 7) is 23.4. The van der Waals surface area contributed by atoms with Gasteiger partial charge < -0.3 is 14.7 Å². The molecule has 192 valence electrons. The molecular formula is C32H47NO2. The summed E-state index contributed by atoms with van der Waals surface area (Å²) in [5.74, 6) is 0.962. The first-order chi connectivity index (χ1) is 16.6. The van der Waals surface area contributed by atoms with Crippen molar-refractivity contribution in [1.82, 2.24) is 0 Å². The number of nitrogens with zero attached hydrogens (tertiary/aromatic N) is 1. The SMILES string of the molecule is [C-]#[N+]CCCCCOc1ccc(C(CC)(CC)c2ccc(CCC(O)C(C)(C)C)c(C)c2)cc1C. The van der Waals surface area contributed by atoms with E-state index in [-0.39, 0.29) is 16.9 Å². The minimum atomic E-state index is -0.297. The van der Waals surface area contributed by atoms with Crippen LogP contribution < -0.4 is 4.74 Å². The largest absolute Gasteiger partial charge is 0.493 e. The molecule has 0 bridgehead atoms. The van der Waals surface area contributed by atoms with E-state index in [1.54, 1.807) is 0 Å². The molecule has 2 aromatic rings. The maximum atomic E-state index is 10.5. The standard InChI is InChI=1S/C32H47NO2/c1-9-32(10-2,27-16-14-26(24(3)22-27)15-19-30(34)31(5,6)7)28-17-18-29(25(4)23-28)35-21-13-11-12-20-33-8/h14,16-18,22-23,30,34H,9-13,15,19-21H2,1-7H3. The number of rotatable bonds is 13. The number of aliphatic hydroxyl groups is 1. The topological polar surface area (TPSA) is 33.8 Å². The average Bonchev–Trinajstić information content (AvgIpc) is 2.82. The van der Waals surface area contributed by atoms with Crippen LogP contribution in [0, 0.1) is 25.8 Å². The first-order valence-electron chi connectivity index (χ1n) is 13.4. The summed E-state index contributed by atoms with van der Waals surface area (Å²) in [4.78, 5) is 3.41. The van der Waals surface area contributed by atoms with Crippen molar-refractivity contribution in [3.63, 3.8) is 0 Å². The zero-order valence-electron chi connectivity index (χ0n) is 23.2. The average molecular weight is 478 g/mol. The minimum absolute atomic E-state index is 0.0305. The Labute approximate surface area is 214 Å². The summed E-state index contributed by atoms with van der Waals surface area (Å²) >= 11 is 0. The van der Waals surface area contributed by atoms with E-state index in [0.717, 1.165) is 50.7 Å². The van der Waals surface area contributed by atoms with Crippen molar-refractivity contribution >= 4 is 0 Å².